The maximum Gasteiger partial charge on any atom is 0.573 e. The zero-order chi connectivity index (χ0) is 32.5. The minimum atomic E-state index is -4.77. The first-order chi connectivity index (χ1) is 22.2. The Kier molecular flexibility index (Phi) is 11.4. The Morgan fingerprint density at radius 1 is 0.891 bits per heavy atom. The summed E-state index contributed by atoms with van der Waals surface area (Å²) >= 11 is 0. The lowest BCUT2D eigenvalue weighted by atomic mass is 9.86. The van der Waals surface area contributed by atoms with E-state index in [1.807, 2.05) is 0 Å². The fourth-order valence-corrected chi connectivity index (χ4v) is 5.93. The summed E-state index contributed by atoms with van der Waals surface area (Å²) in [5.74, 6) is 0.416. The summed E-state index contributed by atoms with van der Waals surface area (Å²) < 4.78 is 57.8. The fraction of sp³-hybridized carbons (Fsp3) is 0.469. The van der Waals surface area contributed by atoms with Gasteiger partial charge in [-0.1, -0.05) is 12.1 Å². The first-order valence-electron chi connectivity index (χ1n) is 15.1. The first-order valence-corrected chi connectivity index (χ1v) is 15.1. The zero-order valence-electron chi connectivity index (χ0n) is 25.0. The predicted molar refractivity (Wildman–Crippen MR) is 160 cm³/mol. The maximum atomic E-state index is 12.7. The third kappa shape index (κ3) is 9.36. The van der Waals surface area contributed by atoms with Crippen molar-refractivity contribution in [2.45, 2.75) is 31.4 Å². The molecule has 5 rings (SSSR count). The van der Waals surface area contributed by atoms with Gasteiger partial charge < -0.3 is 39.8 Å². The molecule has 2 aliphatic carbocycles. The summed E-state index contributed by atoms with van der Waals surface area (Å²) in [6.45, 7) is 2.84. The lowest BCUT2D eigenvalue weighted by Crippen LogP contribution is -2.38. The van der Waals surface area contributed by atoms with Crippen LogP contribution in [0.3, 0.4) is 0 Å². The second-order valence-corrected chi connectivity index (χ2v) is 11.3. The number of amides is 1. The molecule has 1 heterocycles. The van der Waals surface area contributed by atoms with Gasteiger partial charge in [0.1, 0.15) is 17.9 Å². The molecule has 3 aromatic rings. The molecule has 248 valence electrons. The SMILES string of the molecule is O=C(NCCOCCOCCOC[C@H]1C[C@@H]2C[C@H]1[C@@H](O)[C@H]2O)c1cccc(-c2cc(Nc3ccc(OC(F)(F)F)cc3)ncn2)c1. The monoisotopic (exact) mass is 646 g/mol. The van der Waals surface area contributed by atoms with Crippen molar-refractivity contribution in [3.8, 4) is 17.0 Å². The van der Waals surface area contributed by atoms with Crippen LogP contribution in [0.5, 0.6) is 5.75 Å². The van der Waals surface area contributed by atoms with Crippen LogP contribution in [0.25, 0.3) is 11.3 Å². The standard InChI is InChI=1S/C32H37F3N4O7/c33-32(34,35)46-25-6-4-24(5-7-25)39-28-17-27(37-19-38-28)20-2-1-3-21(14-20)31(42)36-8-9-43-10-11-44-12-13-45-18-23-15-22-16-26(23)30(41)29(22)40/h1-7,14,17,19,22-23,26,29-30,40-41H,8-13,15-16,18H2,(H,36,42)(H,37,38,39)/t22-,23-,26-,29+,30-/m1/s1. The van der Waals surface area contributed by atoms with Gasteiger partial charge in [-0.15, -0.1) is 13.2 Å². The number of ether oxygens (including phenoxy) is 4. The summed E-state index contributed by atoms with van der Waals surface area (Å²) in [6.07, 6.45) is -2.87. The summed E-state index contributed by atoms with van der Waals surface area (Å²) in [4.78, 5) is 21.1. The molecule has 2 bridgehead atoms. The van der Waals surface area contributed by atoms with Gasteiger partial charge in [0, 0.05) is 36.0 Å². The lowest BCUT2D eigenvalue weighted by molar-refractivity contribution is -0.274. The van der Waals surface area contributed by atoms with Crippen molar-refractivity contribution < 1.29 is 47.1 Å². The molecule has 2 fully saturated rings. The van der Waals surface area contributed by atoms with E-state index in [9.17, 15) is 28.2 Å². The molecule has 4 N–H and O–H groups in total. The van der Waals surface area contributed by atoms with E-state index in [4.69, 9.17) is 14.2 Å². The van der Waals surface area contributed by atoms with Gasteiger partial charge in [-0.2, -0.15) is 0 Å². The van der Waals surface area contributed by atoms with E-state index >= 15 is 0 Å². The molecule has 0 saturated heterocycles. The number of aliphatic hydroxyl groups is 2. The maximum absolute atomic E-state index is 12.7. The minimum Gasteiger partial charge on any atom is -0.406 e. The Balaban J connectivity index is 0.962. The molecule has 0 radical (unpaired) electrons. The van der Waals surface area contributed by atoms with Crippen LogP contribution in [-0.2, 0) is 14.2 Å². The molecule has 11 nitrogen and oxygen atoms in total. The van der Waals surface area contributed by atoms with E-state index in [0.717, 1.165) is 12.8 Å². The number of benzene rings is 2. The van der Waals surface area contributed by atoms with Crippen molar-refractivity contribution in [2.24, 2.45) is 17.8 Å². The number of alkyl halides is 3. The largest absolute Gasteiger partial charge is 0.573 e. The molecule has 14 heteroatoms. The molecule has 2 saturated carbocycles. The van der Waals surface area contributed by atoms with Gasteiger partial charge in [-0.05, 0) is 67.0 Å². The van der Waals surface area contributed by atoms with Crippen molar-refractivity contribution in [1.29, 1.82) is 0 Å². The molecule has 1 amide bonds. The highest BCUT2D eigenvalue weighted by Crippen LogP contribution is 2.48. The van der Waals surface area contributed by atoms with Crippen LogP contribution < -0.4 is 15.4 Å². The second-order valence-electron chi connectivity index (χ2n) is 11.3. The molecule has 1 aromatic heterocycles. The van der Waals surface area contributed by atoms with Crippen LogP contribution in [0.4, 0.5) is 24.7 Å². The van der Waals surface area contributed by atoms with Crippen molar-refractivity contribution in [1.82, 2.24) is 15.3 Å². The number of anilines is 2. The normalized spacial score (nSPS) is 22.2. The number of aliphatic hydroxyl groups excluding tert-OH is 2. The molecule has 0 aliphatic heterocycles. The molecular formula is C32H37F3N4O7. The topological polar surface area (TPSA) is 144 Å². The zero-order valence-corrected chi connectivity index (χ0v) is 25.0. The summed E-state index contributed by atoms with van der Waals surface area (Å²) in [6, 6.07) is 13.8. The number of halogens is 3. The number of fused-ring (bicyclic) bond motifs is 2. The highest BCUT2D eigenvalue weighted by atomic mass is 19.4. The predicted octanol–water partition coefficient (Wildman–Crippen LogP) is 3.94. The Morgan fingerprint density at radius 2 is 1.63 bits per heavy atom. The molecule has 2 aliphatic rings. The number of hydrogen-bond acceptors (Lipinski definition) is 10. The highest BCUT2D eigenvalue weighted by molar-refractivity contribution is 5.95. The third-order valence-corrected chi connectivity index (χ3v) is 8.11. The molecule has 0 spiro atoms. The first kappa shape index (κ1) is 33.5. The molecule has 2 aromatic carbocycles. The summed E-state index contributed by atoms with van der Waals surface area (Å²) in [5, 5.41) is 25.7. The fourth-order valence-electron chi connectivity index (χ4n) is 5.93. The summed E-state index contributed by atoms with van der Waals surface area (Å²) in [7, 11) is 0. The number of nitrogens with one attached hydrogen (secondary N) is 2. The Bertz CT molecular complexity index is 1430. The van der Waals surface area contributed by atoms with Gasteiger partial charge in [0.15, 0.2) is 0 Å². The molecular weight excluding hydrogens is 609 g/mol. The van der Waals surface area contributed by atoms with Crippen LogP contribution in [-0.4, -0.2) is 90.8 Å². The average molecular weight is 647 g/mol. The lowest BCUT2D eigenvalue weighted by Gasteiger charge is -2.29. The summed E-state index contributed by atoms with van der Waals surface area (Å²) in [5.41, 5.74) is 2.16. The van der Waals surface area contributed by atoms with Crippen LogP contribution in [0.15, 0.2) is 60.9 Å². The minimum absolute atomic E-state index is 0.128. The number of carbonyl (C=O) groups excluding carboxylic acids is 1. The average Bonchev–Trinajstić information content (AvgIpc) is 3.58. The quantitative estimate of drug-likeness (QED) is 0.169. The Labute approximate surface area is 264 Å². The van der Waals surface area contributed by atoms with E-state index in [0.29, 0.717) is 80.4 Å². The van der Waals surface area contributed by atoms with Crippen molar-refractivity contribution >= 4 is 17.4 Å². The van der Waals surface area contributed by atoms with Crippen molar-refractivity contribution in [3.63, 3.8) is 0 Å². The number of nitrogens with zero attached hydrogens (tertiary/aromatic N) is 2. The van der Waals surface area contributed by atoms with Crippen molar-refractivity contribution in [3.05, 3.63) is 66.5 Å². The van der Waals surface area contributed by atoms with Gasteiger partial charge >= 0.3 is 6.36 Å². The van der Waals surface area contributed by atoms with Gasteiger partial charge in [0.05, 0.1) is 50.9 Å². The van der Waals surface area contributed by atoms with E-state index in [1.54, 1.807) is 30.3 Å². The van der Waals surface area contributed by atoms with Crippen LogP contribution in [0, 0.1) is 17.8 Å². The van der Waals surface area contributed by atoms with Crippen LogP contribution >= 0.6 is 0 Å². The molecule has 0 unspecified atom stereocenters. The number of rotatable bonds is 16. The van der Waals surface area contributed by atoms with Crippen LogP contribution in [0.1, 0.15) is 23.2 Å². The van der Waals surface area contributed by atoms with Gasteiger partial charge in [-0.3, -0.25) is 4.79 Å². The van der Waals surface area contributed by atoms with Gasteiger partial charge in [-0.25, -0.2) is 9.97 Å². The van der Waals surface area contributed by atoms with E-state index in [1.165, 1.54) is 30.6 Å². The number of aromatic nitrogens is 2. The van der Waals surface area contributed by atoms with Crippen LogP contribution in [0.2, 0.25) is 0 Å². The second kappa shape index (κ2) is 15.6. The van der Waals surface area contributed by atoms with Gasteiger partial charge in [0.25, 0.3) is 5.91 Å². The van der Waals surface area contributed by atoms with Crippen molar-refractivity contribution in [2.75, 3.05) is 51.5 Å². The highest BCUT2D eigenvalue weighted by Gasteiger charge is 2.51. The number of hydrogen-bond donors (Lipinski definition) is 4. The molecule has 5 atom stereocenters. The molecule has 46 heavy (non-hydrogen) atoms. The van der Waals surface area contributed by atoms with E-state index in [-0.39, 0.29) is 23.5 Å². The Hall–Kier alpha value is -3.82. The third-order valence-electron chi connectivity index (χ3n) is 8.11. The number of carbonyl (C=O) groups is 1. The van der Waals surface area contributed by atoms with Gasteiger partial charge in [0.2, 0.25) is 0 Å². The Morgan fingerprint density at radius 3 is 2.35 bits per heavy atom. The van der Waals surface area contributed by atoms with E-state index in [2.05, 4.69) is 25.3 Å². The van der Waals surface area contributed by atoms with E-state index < -0.39 is 18.6 Å². The smallest absolute Gasteiger partial charge is 0.406 e.